The second-order valence-corrected chi connectivity index (χ2v) is 12.4. The molecule has 0 aliphatic carbocycles. The van der Waals surface area contributed by atoms with E-state index in [2.05, 4.69) is 99.3 Å². The van der Waals surface area contributed by atoms with Gasteiger partial charge in [-0.15, -0.1) is 0 Å². The number of Topliss-reactive ketones (excluding diaryl/α,β-unsaturated/α-hetero) is 2. The highest BCUT2D eigenvalue weighted by Gasteiger charge is 2.33. The Morgan fingerprint density at radius 2 is 0.957 bits per heavy atom. The van der Waals surface area contributed by atoms with E-state index >= 15 is 0 Å². The highest BCUT2D eigenvalue weighted by Crippen LogP contribution is 2.43. The first kappa shape index (κ1) is 28.4. The molecule has 5 aromatic carbocycles. The van der Waals surface area contributed by atoms with Crippen LogP contribution in [0.4, 0.5) is 22.7 Å². The van der Waals surface area contributed by atoms with Gasteiger partial charge in [0, 0.05) is 60.5 Å². The third kappa shape index (κ3) is 5.30. The fraction of sp³-hybridized carbons (Fsp3) is 0.200. The Morgan fingerprint density at radius 3 is 1.50 bits per heavy atom. The summed E-state index contributed by atoms with van der Waals surface area (Å²) in [5.74, 6) is 0.367. The molecule has 3 heterocycles. The SMILES string of the molecule is O=C1CCN(c2cc(C3CC(c4ccccc4)NC(c4ccccc4)N3)cc(N3CCC(=O)c4ccccc43)c2)c2ccccc21. The average molecular weight is 605 g/mol. The predicted octanol–water partition coefficient (Wildman–Crippen LogP) is 8.20. The van der Waals surface area contributed by atoms with Crippen molar-refractivity contribution in [3.63, 3.8) is 0 Å². The molecule has 0 saturated carbocycles. The van der Waals surface area contributed by atoms with Gasteiger partial charge in [0.1, 0.15) is 0 Å². The first-order chi connectivity index (χ1) is 22.6. The lowest BCUT2D eigenvalue weighted by Gasteiger charge is -2.40. The number of fused-ring (bicyclic) bond motifs is 2. The molecule has 0 amide bonds. The molecule has 228 valence electrons. The minimum atomic E-state index is -0.0427. The van der Waals surface area contributed by atoms with E-state index in [0.717, 1.165) is 40.3 Å². The number of anilines is 4. The van der Waals surface area contributed by atoms with E-state index in [-0.39, 0.29) is 29.8 Å². The summed E-state index contributed by atoms with van der Waals surface area (Å²) in [7, 11) is 0. The first-order valence-electron chi connectivity index (χ1n) is 16.2. The van der Waals surface area contributed by atoms with Crippen LogP contribution in [0.3, 0.4) is 0 Å². The van der Waals surface area contributed by atoms with Crippen LogP contribution in [0.1, 0.15) is 74.9 Å². The molecule has 46 heavy (non-hydrogen) atoms. The summed E-state index contributed by atoms with van der Waals surface area (Å²) in [5, 5.41) is 7.81. The normalized spacial score (nSPS) is 21.1. The van der Waals surface area contributed by atoms with E-state index in [1.807, 2.05) is 48.5 Å². The fourth-order valence-electron chi connectivity index (χ4n) is 7.30. The molecule has 1 fully saturated rings. The van der Waals surface area contributed by atoms with Crippen molar-refractivity contribution < 1.29 is 9.59 Å². The van der Waals surface area contributed by atoms with Gasteiger partial charge in [-0.05, 0) is 65.6 Å². The number of carbonyl (C=O) groups excluding carboxylic acids is 2. The Labute approximate surface area is 269 Å². The second kappa shape index (κ2) is 12.0. The zero-order valence-electron chi connectivity index (χ0n) is 25.6. The highest BCUT2D eigenvalue weighted by molar-refractivity contribution is 6.05. The predicted molar refractivity (Wildman–Crippen MR) is 183 cm³/mol. The van der Waals surface area contributed by atoms with Crippen LogP contribution in [-0.4, -0.2) is 24.7 Å². The van der Waals surface area contributed by atoms with Crippen molar-refractivity contribution in [2.75, 3.05) is 22.9 Å². The van der Waals surface area contributed by atoms with Crippen LogP contribution < -0.4 is 20.4 Å². The number of carbonyl (C=O) groups is 2. The van der Waals surface area contributed by atoms with Gasteiger partial charge in [0.25, 0.3) is 0 Å². The maximum atomic E-state index is 12.9. The van der Waals surface area contributed by atoms with E-state index in [1.165, 1.54) is 16.7 Å². The molecule has 6 heteroatoms. The Balaban J connectivity index is 1.26. The van der Waals surface area contributed by atoms with Crippen LogP contribution in [-0.2, 0) is 0 Å². The van der Waals surface area contributed by atoms with Gasteiger partial charge in [0.05, 0.1) is 17.5 Å². The van der Waals surface area contributed by atoms with Crippen molar-refractivity contribution >= 4 is 34.3 Å². The third-order valence-corrected chi connectivity index (χ3v) is 9.61. The summed E-state index contributed by atoms with van der Waals surface area (Å²) in [6.07, 6.45) is 1.75. The van der Waals surface area contributed by atoms with Crippen molar-refractivity contribution in [1.29, 1.82) is 0 Å². The number of rotatable bonds is 5. The van der Waals surface area contributed by atoms with Gasteiger partial charge in [0.15, 0.2) is 11.6 Å². The summed E-state index contributed by atoms with van der Waals surface area (Å²) in [6.45, 7) is 1.24. The summed E-state index contributed by atoms with van der Waals surface area (Å²) in [4.78, 5) is 30.4. The van der Waals surface area contributed by atoms with Crippen LogP contribution in [0.25, 0.3) is 0 Å². The molecule has 8 rings (SSSR count). The molecule has 0 radical (unpaired) electrons. The minimum Gasteiger partial charge on any atom is -0.340 e. The first-order valence-corrected chi connectivity index (χ1v) is 16.2. The number of hydrogen-bond acceptors (Lipinski definition) is 6. The molecule has 2 N–H and O–H groups in total. The molecule has 1 saturated heterocycles. The lowest BCUT2D eigenvalue weighted by molar-refractivity contribution is 0.0973. The molecular weight excluding hydrogens is 568 g/mol. The average Bonchev–Trinajstić information content (AvgIpc) is 3.12. The van der Waals surface area contributed by atoms with Crippen LogP contribution >= 0.6 is 0 Å². The molecule has 3 aliphatic heterocycles. The monoisotopic (exact) mass is 604 g/mol. The zero-order valence-corrected chi connectivity index (χ0v) is 25.6. The largest absolute Gasteiger partial charge is 0.340 e. The van der Waals surface area contributed by atoms with Crippen LogP contribution in [0.15, 0.2) is 127 Å². The molecule has 0 spiro atoms. The van der Waals surface area contributed by atoms with Gasteiger partial charge >= 0.3 is 0 Å². The smallest absolute Gasteiger partial charge is 0.166 e. The third-order valence-electron chi connectivity index (χ3n) is 9.61. The number of hydrogen-bond donors (Lipinski definition) is 2. The maximum Gasteiger partial charge on any atom is 0.166 e. The number of nitrogens with one attached hydrogen (secondary N) is 2. The number of nitrogens with zero attached hydrogens (tertiary/aromatic N) is 2. The molecule has 3 atom stereocenters. The fourth-order valence-corrected chi connectivity index (χ4v) is 7.30. The summed E-state index contributed by atoms with van der Waals surface area (Å²) in [5.41, 5.74) is 9.15. The Morgan fingerprint density at radius 1 is 0.500 bits per heavy atom. The van der Waals surface area contributed by atoms with Crippen LogP contribution in [0.5, 0.6) is 0 Å². The van der Waals surface area contributed by atoms with Gasteiger partial charge in [-0.25, -0.2) is 0 Å². The standard InChI is InChI=1S/C40H36N4O2/c45-38-19-21-43(36-17-9-7-15-32(36)38)30-23-29(24-31(25-30)44-22-20-39(46)33-16-8-10-18-37(33)44)35-26-34(27-11-3-1-4-12-27)41-40(42-35)28-13-5-2-6-14-28/h1-18,23-25,34-35,40-42H,19-22,26H2. The second-order valence-electron chi connectivity index (χ2n) is 12.4. The summed E-state index contributed by atoms with van der Waals surface area (Å²) < 4.78 is 0. The van der Waals surface area contributed by atoms with E-state index in [1.54, 1.807) is 0 Å². The lowest BCUT2D eigenvalue weighted by atomic mass is 9.89. The molecule has 3 unspecified atom stereocenters. The van der Waals surface area contributed by atoms with Crippen molar-refractivity contribution in [2.45, 2.75) is 37.5 Å². The maximum absolute atomic E-state index is 12.9. The Bertz CT molecular complexity index is 1770. The molecule has 5 aromatic rings. The van der Waals surface area contributed by atoms with Crippen LogP contribution in [0, 0.1) is 0 Å². The van der Waals surface area contributed by atoms with Crippen molar-refractivity contribution in [2.24, 2.45) is 0 Å². The lowest BCUT2D eigenvalue weighted by Crippen LogP contribution is -2.45. The topological polar surface area (TPSA) is 64.7 Å². The van der Waals surface area contributed by atoms with Crippen molar-refractivity contribution in [1.82, 2.24) is 10.6 Å². The highest BCUT2D eigenvalue weighted by atomic mass is 16.1. The minimum absolute atomic E-state index is 0.0405. The number of para-hydroxylation sites is 2. The quantitative estimate of drug-likeness (QED) is 0.211. The van der Waals surface area contributed by atoms with E-state index in [0.29, 0.717) is 25.9 Å². The molecule has 0 aromatic heterocycles. The number of ketones is 2. The Kier molecular flexibility index (Phi) is 7.45. The van der Waals surface area contributed by atoms with Gasteiger partial charge in [-0.2, -0.15) is 0 Å². The molecule has 0 bridgehead atoms. The van der Waals surface area contributed by atoms with Gasteiger partial charge in [-0.1, -0.05) is 84.9 Å². The molecule has 6 nitrogen and oxygen atoms in total. The molecular formula is C40H36N4O2. The van der Waals surface area contributed by atoms with Crippen molar-refractivity contribution in [3.05, 3.63) is 155 Å². The van der Waals surface area contributed by atoms with Gasteiger partial charge < -0.3 is 9.80 Å². The van der Waals surface area contributed by atoms with Crippen LogP contribution in [0.2, 0.25) is 0 Å². The summed E-state index contributed by atoms with van der Waals surface area (Å²) >= 11 is 0. The van der Waals surface area contributed by atoms with Gasteiger partial charge in [0.2, 0.25) is 0 Å². The van der Waals surface area contributed by atoms with E-state index < -0.39 is 0 Å². The zero-order chi connectivity index (χ0) is 31.0. The molecule has 3 aliphatic rings. The summed E-state index contributed by atoms with van der Waals surface area (Å²) in [6, 6.07) is 44.1. The van der Waals surface area contributed by atoms with Crippen molar-refractivity contribution in [3.8, 4) is 0 Å². The van der Waals surface area contributed by atoms with Gasteiger partial charge in [-0.3, -0.25) is 20.2 Å². The van der Waals surface area contributed by atoms with E-state index in [9.17, 15) is 9.59 Å². The number of benzene rings is 5. The van der Waals surface area contributed by atoms with E-state index in [4.69, 9.17) is 0 Å². The Hall–Kier alpha value is -5.04.